The van der Waals surface area contributed by atoms with Crippen LogP contribution in [0.2, 0.25) is 5.02 Å². The summed E-state index contributed by atoms with van der Waals surface area (Å²) in [4.78, 5) is 24.4. The van der Waals surface area contributed by atoms with Crippen LogP contribution in [0.15, 0.2) is 54.7 Å². The highest BCUT2D eigenvalue weighted by molar-refractivity contribution is 6.32. The van der Waals surface area contributed by atoms with Gasteiger partial charge in [-0.3, -0.25) is 4.79 Å². The molecular weight excluding hydrogens is 398 g/mol. The lowest BCUT2D eigenvalue weighted by Crippen LogP contribution is -2.21. The molecule has 2 aromatic carbocycles. The van der Waals surface area contributed by atoms with E-state index < -0.39 is 18.5 Å². The number of carbonyl (C=O) groups excluding carboxylic acids is 2. The van der Waals surface area contributed by atoms with Crippen LogP contribution in [0.1, 0.15) is 10.5 Å². The first-order valence-electron chi connectivity index (χ1n) is 8.51. The Bertz CT molecular complexity index is 1020. The Morgan fingerprint density at radius 1 is 1.07 bits per heavy atom. The van der Waals surface area contributed by atoms with Gasteiger partial charge < -0.3 is 19.5 Å². The first-order valence-corrected chi connectivity index (χ1v) is 8.89. The number of amides is 1. The van der Waals surface area contributed by atoms with Crippen LogP contribution in [0.3, 0.4) is 0 Å². The fourth-order valence-corrected chi connectivity index (χ4v) is 2.76. The first kappa shape index (κ1) is 20.2. The standard InChI is InChI=1S/C20H18ClN3O5/c1-27-16-9-8-13(10-15(16)21)22-18(25)12-29-20(26)19-17(28-2)11-24(23-19)14-6-4-3-5-7-14/h3-11H,12H2,1-2H3,(H,22,25). The van der Waals surface area contributed by atoms with Gasteiger partial charge in [-0.15, -0.1) is 0 Å². The largest absolute Gasteiger partial charge is 0.495 e. The summed E-state index contributed by atoms with van der Waals surface area (Å²) in [6, 6.07) is 14.0. The van der Waals surface area contributed by atoms with Crippen LogP contribution < -0.4 is 14.8 Å². The molecule has 0 bridgehead atoms. The summed E-state index contributed by atoms with van der Waals surface area (Å²) in [6.45, 7) is -0.496. The van der Waals surface area contributed by atoms with Gasteiger partial charge in [0.2, 0.25) is 5.69 Å². The Kier molecular flexibility index (Phi) is 6.36. The predicted molar refractivity (Wildman–Crippen MR) is 107 cm³/mol. The van der Waals surface area contributed by atoms with Crippen LogP contribution in [0.4, 0.5) is 5.69 Å². The van der Waals surface area contributed by atoms with E-state index in [4.69, 9.17) is 25.8 Å². The molecule has 1 amide bonds. The molecule has 1 heterocycles. The quantitative estimate of drug-likeness (QED) is 0.595. The monoisotopic (exact) mass is 415 g/mol. The van der Waals surface area contributed by atoms with E-state index in [0.29, 0.717) is 16.5 Å². The van der Waals surface area contributed by atoms with Crippen molar-refractivity contribution in [1.29, 1.82) is 0 Å². The van der Waals surface area contributed by atoms with Crippen LogP contribution in [0, 0.1) is 0 Å². The zero-order chi connectivity index (χ0) is 20.8. The Morgan fingerprint density at radius 2 is 1.79 bits per heavy atom. The van der Waals surface area contributed by atoms with Crippen molar-refractivity contribution in [3.8, 4) is 17.2 Å². The lowest BCUT2D eigenvalue weighted by molar-refractivity contribution is -0.119. The van der Waals surface area contributed by atoms with Gasteiger partial charge in [0.05, 0.1) is 31.1 Å². The summed E-state index contributed by atoms with van der Waals surface area (Å²) in [5.41, 5.74) is 1.17. The maximum atomic E-state index is 12.4. The maximum Gasteiger partial charge on any atom is 0.363 e. The van der Waals surface area contributed by atoms with Crippen LogP contribution in [0.25, 0.3) is 5.69 Å². The summed E-state index contributed by atoms with van der Waals surface area (Å²) in [6.07, 6.45) is 1.56. The molecule has 0 spiro atoms. The number of methoxy groups -OCH3 is 2. The summed E-state index contributed by atoms with van der Waals surface area (Å²) >= 11 is 6.02. The minimum absolute atomic E-state index is 0.0309. The zero-order valence-corrected chi connectivity index (χ0v) is 16.5. The average Bonchev–Trinajstić information content (AvgIpc) is 3.17. The third-order valence-corrected chi connectivity index (χ3v) is 4.18. The third-order valence-electron chi connectivity index (χ3n) is 3.88. The van der Waals surface area contributed by atoms with Gasteiger partial charge >= 0.3 is 5.97 Å². The number of para-hydroxylation sites is 1. The molecule has 0 unspecified atom stereocenters. The fourth-order valence-electron chi connectivity index (χ4n) is 2.50. The van der Waals surface area contributed by atoms with Crippen LogP contribution in [-0.2, 0) is 9.53 Å². The maximum absolute atomic E-state index is 12.4. The lowest BCUT2D eigenvalue weighted by Gasteiger charge is -2.08. The second-order valence-electron chi connectivity index (χ2n) is 5.80. The SMILES string of the molecule is COc1ccc(NC(=O)COC(=O)c2nn(-c3ccccc3)cc2OC)cc1Cl. The first-order chi connectivity index (χ1) is 14.0. The van der Waals surface area contributed by atoms with Gasteiger partial charge in [-0.1, -0.05) is 29.8 Å². The van der Waals surface area contributed by atoms with E-state index in [-0.39, 0.29) is 11.4 Å². The van der Waals surface area contributed by atoms with Gasteiger partial charge in [0, 0.05) is 5.69 Å². The molecule has 150 valence electrons. The summed E-state index contributed by atoms with van der Waals surface area (Å²) in [5.74, 6) is -0.584. The number of nitrogens with one attached hydrogen (secondary N) is 1. The number of esters is 1. The van der Waals surface area contributed by atoms with E-state index in [1.165, 1.54) is 25.0 Å². The lowest BCUT2D eigenvalue weighted by atomic mass is 10.3. The number of hydrogen-bond acceptors (Lipinski definition) is 6. The molecule has 0 fully saturated rings. The summed E-state index contributed by atoms with van der Waals surface area (Å²) < 4.78 is 16.8. The third kappa shape index (κ3) is 4.85. The Labute approximate surface area is 171 Å². The van der Waals surface area contributed by atoms with Gasteiger partial charge in [0.25, 0.3) is 5.91 Å². The molecule has 0 aliphatic carbocycles. The molecule has 3 aromatic rings. The second-order valence-corrected chi connectivity index (χ2v) is 6.21. The van der Waals surface area contributed by atoms with Crippen LogP contribution in [0.5, 0.6) is 11.5 Å². The fraction of sp³-hybridized carbons (Fsp3) is 0.150. The highest BCUT2D eigenvalue weighted by Crippen LogP contribution is 2.27. The van der Waals surface area contributed by atoms with Gasteiger partial charge in [0.1, 0.15) is 5.75 Å². The smallest absolute Gasteiger partial charge is 0.363 e. The average molecular weight is 416 g/mol. The number of benzene rings is 2. The van der Waals surface area contributed by atoms with E-state index in [1.807, 2.05) is 30.3 Å². The van der Waals surface area contributed by atoms with Crippen molar-refractivity contribution in [2.24, 2.45) is 0 Å². The van der Waals surface area contributed by atoms with E-state index in [0.717, 1.165) is 5.69 Å². The van der Waals surface area contributed by atoms with Crippen molar-refractivity contribution in [2.45, 2.75) is 0 Å². The highest BCUT2D eigenvalue weighted by Gasteiger charge is 2.21. The molecule has 1 N–H and O–H groups in total. The molecule has 0 saturated heterocycles. The summed E-state index contributed by atoms with van der Waals surface area (Å²) in [7, 11) is 2.91. The van der Waals surface area contributed by atoms with Crippen LogP contribution >= 0.6 is 11.6 Å². The molecule has 1 aromatic heterocycles. The number of rotatable bonds is 7. The number of ether oxygens (including phenoxy) is 3. The number of carbonyl (C=O) groups is 2. The van der Waals surface area contributed by atoms with Crippen molar-refractivity contribution in [2.75, 3.05) is 26.1 Å². The molecule has 0 aliphatic heterocycles. The minimum atomic E-state index is -0.778. The Hall–Kier alpha value is -3.52. The predicted octanol–water partition coefficient (Wildman–Crippen LogP) is 3.34. The van der Waals surface area contributed by atoms with Crippen LogP contribution in [-0.4, -0.2) is 42.5 Å². The number of aromatic nitrogens is 2. The zero-order valence-electron chi connectivity index (χ0n) is 15.7. The molecule has 0 radical (unpaired) electrons. The molecule has 8 nitrogen and oxygen atoms in total. The number of anilines is 1. The second kappa shape index (κ2) is 9.11. The van der Waals surface area contributed by atoms with Gasteiger partial charge in [-0.2, -0.15) is 5.10 Å². The normalized spacial score (nSPS) is 10.3. The molecule has 9 heteroatoms. The molecule has 0 saturated carbocycles. The molecule has 0 aliphatic rings. The number of halogens is 1. The van der Waals surface area contributed by atoms with Crippen molar-refractivity contribution in [1.82, 2.24) is 9.78 Å². The van der Waals surface area contributed by atoms with E-state index >= 15 is 0 Å². The molecule has 0 atom stereocenters. The van der Waals surface area contributed by atoms with Crippen molar-refractivity contribution in [3.05, 3.63) is 65.4 Å². The van der Waals surface area contributed by atoms with Crippen molar-refractivity contribution >= 4 is 29.2 Å². The van der Waals surface area contributed by atoms with Gasteiger partial charge in [0.15, 0.2) is 12.4 Å². The topological polar surface area (TPSA) is 91.7 Å². The highest BCUT2D eigenvalue weighted by atomic mass is 35.5. The van der Waals surface area contributed by atoms with E-state index in [1.54, 1.807) is 18.3 Å². The number of nitrogens with zero attached hydrogens (tertiary/aromatic N) is 2. The molecule has 29 heavy (non-hydrogen) atoms. The van der Waals surface area contributed by atoms with Gasteiger partial charge in [-0.05, 0) is 30.3 Å². The van der Waals surface area contributed by atoms with Crippen molar-refractivity contribution in [3.63, 3.8) is 0 Å². The van der Waals surface area contributed by atoms with Gasteiger partial charge in [-0.25, -0.2) is 9.48 Å². The Balaban J connectivity index is 1.64. The van der Waals surface area contributed by atoms with Crippen molar-refractivity contribution < 1.29 is 23.8 Å². The molecule has 3 rings (SSSR count). The Morgan fingerprint density at radius 3 is 2.45 bits per heavy atom. The van der Waals surface area contributed by atoms with E-state index in [9.17, 15) is 9.59 Å². The van der Waals surface area contributed by atoms with E-state index in [2.05, 4.69) is 10.4 Å². The molecular formula is C20H18ClN3O5. The minimum Gasteiger partial charge on any atom is -0.495 e. The summed E-state index contributed by atoms with van der Waals surface area (Å²) in [5, 5.41) is 7.13. The number of hydrogen-bond donors (Lipinski definition) is 1.